The van der Waals surface area contributed by atoms with Crippen molar-refractivity contribution in [3.05, 3.63) is 80.9 Å². The topological polar surface area (TPSA) is 78.4 Å². The van der Waals surface area contributed by atoms with E-state index in [1.54, 1.807) is 37.6 Å². The minimum atomic E-state index is -0.348. The van der Waals surface area contributed by atoms with E-state index in [1.165, 1.54) is 0 Å². The highest BCUT2D eigenvalue weighted by Crippen LogP contribution is 2.34. The molecule has 1 heterocycles. The first-order valence-corrected chi connectivity index (χ1v) is 10.5. The Morgan fingerprint density at radius 2 is 1.94 bits per heavy atom. The van der Waals surface area contributed by atoms with Crippen molar-refractivity contribution in [1.82, 2.24) is 5.43 Å². The number of rotatable bonds is 7. The molecule has 4 rings (SSSR count). The Balaban J connectivity index is 1.42. The van der Waals surface area contributed by atoms with Gasteiger partial charge in [0.15, 0.2) is 23.0 Å². The fourth-order valence-electron chi connectivity index (χ4n) is 2.95. The van der Waals surface area contributed by atoms with Crippen molar-refractivity contribution in [3.63, 3.8) is 0 Å². The van der Waals surface area contributed by atoms with Crippen LogP contribution in [0.4, 0.5) is 0 Å². The summed E-state index contributed by atoms with van der Waals surface area (Å²) in [6, 6.07) is 18.6. The molecule has 0 spiro atoms. The third-order valence-electron chi connectivity index (χ3n) is 4.49. The van der Waals surface area contributed by atoms with Gasteiger partial charge in [-0.25, -0.2) is 5.43 Å². The molecule has 3 aromatic rings. The van der Waals surface area contributed by atoms with E-state index in [9.17, 15) is 4.79 Å². The molecule has 0 radical (unpaired) electrons. The zero-order valence-electron chi connectivity index (χ0n) is 16.6. The number of hydrogen-bond acceptors (Lipinski definition) is 6. The van der Waals surface area contributed by atoms with Gasteiger partial charge in [0.2, 0.25) is 6.79 Å². The van der Waals surface area contributed by atoms with Gasteiger partial charge >= 0.3 is 0 Å². The van der Waals surface area contributed by atoms with Crippen molar-refractivity contribution >= 4 is 34.7 Å². The van der Waals surface area contributed by atoms with Gasteiger partial charge in [-0.3, -0.25) is 4.79 Å². The molecule has 1 aliphatic heterocycles. The number of amides is 1. The monoisotopic (exact) mass is 530 g/mol. The second-order valence-electron chi connectivity index (χ2n) is 6.58. The standard InChI is InChI=1S/C23H19IN2O5/c1-28-21-10-16(9-18(24)22(21)29-13-15-5-3-2-4-6-15)12-25-26-23(27)17-7-8-19-20(11-17)31-14-30-19/h2-12H,13-14H2,1H3,(H,26,27)/b25-12-. The number of benzene rings is 3. The average Bonchev–Trinajstić information content (AvgIpc) is 3.26. The smallest absolute Gasteiger partial charge is 0.271 e. The van der Waals surface area contributed by atoms with E-state index in [1.807, 2.05) is 36.4 Å². The number of hydrogen-bond donors (Lipinski definition) is 1. The number of nitrogens with zero attached hydrogens (tertiary/aromatic N) is 1. The Labute approximate surface area is 193 Å². The molecule has 1 N–H and O–H groups in total. The summed E-state index contributed by atoms with van der Waals surface area (Å²) in [7, 11) is 1.59. The minimum absolute atomic E-state index is 0.157. The van der Waals surface area contributed by atoms with Gasteiger partial charge in [-0.05, 0) is 64.0 Å². The van der Waals surface area contributed by atoms with Crippen LogP contribution in [-0.4, -0.2) is 26.0 Å². The maximum atomic E-state index is 12.3. The van der Waals surface area contributed by atoms with Gasteiger partial charge in [0.1, 0.15) is 6.61 Å². The number of halogens is 1. The number of fused-ring (bicyclic) bond motifs is 1. The van der Waals surface area contributed by atoms with Crippen LogP contribution < -0.4 is 24.4 Å². The number of ether oxygens (including phenoxy) is 4. The predicted molar refractivity (Wildman–Crippen MR) is 124 cm³/mol. The molecule has 1 amide bonds. The summed E-state index contributed by atoms with van der Waals surface area (Å²) in [6.07, 6.45) is 1.55. The normalized spacial score (nSPS) is 12.1. The lowest BCUT2D eigenvalue weighted by atomic mass is 10.2. The van der Waals surface area contributed by atoms with Crippen molar-refractivity contribution < 1.29 is 23.7 Å². The third kappa shape index (κ3) is 5.08. The summed E-state index contributed by atoms with van der Waals surface area (Å²) < 4.78 is 22.9. The average molecular weight is 530 g/mol. The number of hydrazone groups is 1. The van der Waals surface area contributed by atoms with E-state index in [0.29, 0.717) is 35.2 Å². The maximum absolute atomic E-state index is 12.3. The molecule has 158 valence electrons. The molecule has 0 aromatic heterocycles. The molecule has 7 nitrogen and oxygen atoms in total. The fourth-order valence-corrected chi connectivity index (χ4v) is 3.73. The molecule has 0 fully saturated rings. The highest BCUT2D eigenvalue weighted by atomic mass is 127. The lowest BCUT2D eigenvalue weighted by Crippen LogP contribution is -2.17. The second kappa shape index (κ2) is 9.69. The first-order valence-electron chi connectivity index (χ1n) is 9.41. The highest BCUT2D eigenvalue weighted by molar-refractivity contribution is 14.1. The minimum Gasteiger partial charge on any atom is -0.493 e. The number of carbonyl (C=O) groups excluding carboxylic acids is 1. The lowest BCUT2D eigenvalue weighted by Gasteiger charge is -2.13. The number of methoxy groups -OCH3 is 1. The summed E-state index contributed by atoms with van der Waals surface area (Å²) in [5.41, 5.74) is 4.78. The molecule has 0 saturated carbocycles. The predicted octanol–water partition coefficient (Wildman–Crippen LogP) is 4.37. The Hall–Kier alpha value is -3.27. The summed E-state index contributed by atoms with van der Waals surface area (Å²) in [4.78, 5) is 12.3. The van der Waals surface area contributed by atoms with Gasteiger partial charge in [-0.1, -0.05) is 30.3 Å². The van der Waals surface area contributed by atoms with Crippen molar-refractivity contribution in [2.75, 3.05) is 13.9 Å². The van der Waals surface area contributed by atoms with Crippen molar-refractivity contribution in [1.29, 1.82) is 0 Å². The van der Waals surface area contributed by atoms with Gasteiger partial charge in [0.25, 0.3) is 5.91 Å². The molecule has 0 unspecified atom stereocenters. The molecule has 31 heavy (non-hydrogen) atoms. The largest absolute Gasteiger partial charge is 0.493 e. The van der Waals surface area contributed by atoms with Crippen molar-refractivity contribution in [2.24, 2.45) is 5.10 Å². The molecule has 8 heteroatoms. The molecule has 3 aromatic carbocycles. The molecule has 0 bridgehead atoms. The number of carbonyl (C=O) groups is 1. The fraction of sp³-hybridized carbons (Fsp3) is 0.130. The summed E-state index contributed by atoms with van der Waals surface area (Å²) in [5.74, 6) is 2.07. The zero-order chi connectivity index (χ0) is 21.6. The van der Waals surface area contributed by atoms with Gasteiger partial charge in [-0.15, -0.1) is 0 Å². The summed E-state index contributed by atoms with van der Waals surface area (Å²) in [5, 5.41) is 4.05. The highest BCUT2D eigenvalue weighted by Gasteiger charge is 2.16. The quantitative estimate of drug-likeness (QED) is 0.279. The van der Waals surface area contributed by atoms with Gasteiger partial charge in [-0.2, -0.15) is 5.10 Å². The van der Waals surface area contributed by atoms with Crippen LogP contribution in [0.2, 0.25) is 0 Å². The number of nitrogens with one attached hydrogen (secondary N) is 1. The molecule has 1 aliphatic rings. The lowest BCUT2D eigenvalue weighted by molar-refractivity contribution is 0.0954. The van der Waals surface area contributed by atoms with Crippen LogP contribution in [0.1, 0.15) is 21.5 Å². The van der Waals surface area contributed by atoms with E-state index in [0.717, 1.165) is 14.7 Å². The van der Waals surface area contributed by atoms with Crippen LogP contribution in [0.5, 0.6) is 23.0 Å². The summed E-state index contributed by atoms with van der Waals surface area (Å²) >= 11 is 2.19. The Kier molecular flexibility index (Phi) is 6.56. The van der Waals surface area contributed by atoms with E-state index >= 15 is 0 Å². The van der Waals surface area contributed by atoms with Crippen LogP contribution in [-0.2, 0) is 6.61 Å². The van der Waals surface area contributed by atoms with Crippen LogP contribution in [0.15, 0.2) is 65.8 Å². The van der Waals surface area contributed by atoms with Crippen LogP contribution in [0, 0.1) is 3.57 Å². The van der Waals surface area contributed by atoms with E-state index < -0.39 is 0 Å². The summed E-state index contributed by atoms with van der Waals surface area (Å²) in [6.45, 7) is 0.594. The first-order chi connectivity index (χ1) is 15.1. The Bertz CT molecular complexity index is 1120. The van der Waals surface area contributed by atoms with Crippen LogP contribution in [0.25, 0.3) is 0 Å². The van der Waals surface area contributed by atoms with E-state index in [-0.39, 0.29) is 12.7 Å². The second-order valence-corrected chi connectivity index (χ2v) is 7.74. The molecule has 0 atom stereocenters. The van der Waals surface area contributed by atoms with E-state index in [4.69, 9.17) is 18.9 Å². The SMILES string of the molecule is COc1cc(/C=N\NC(=O)c2ccc3c(c2)OCO3)cc(I)c1OCc1ccccc1. The van der Waals surface area contributed by atoms with Crippen molar-refractivity contribution in [3.8, 4) is 23.0 Å². The molecule has 0 aliphatic carbocycles. The van der Waals surface area contributed by atoms with Crippen LogP contribution >= 0.6 is 22.6 Å². The molecular formula is C23H19IN2O5. The Morgan fingerprint density at radius 1 is 1.13 bits per heavy atom. The van der Waals surface area contributed by atoms with Crippen LogP contribution in [0.3, 0.4) is 0 Å². The van der Waals surface area contributed by atoms with Gasteiger partial charge in [0, 0.05) is 5.56 Å². The third-order valence-corrected chi connectivity index (χ3v) is 5.29. The van der Waals surface area contributed by atoms with Gasteiger partial charge < -0.3 is 18.9 Å². The zero-order valence-corrected chi connectivity index (χ0v) is 18.8. The molecule has 0 saturated heterocycles. The van der Waals surface area contributed by atoms with Crippen molar-refractivity contribution in [2.45, 2.75) is 6.61 Å². The first kappa shape index (κ1) is 21.0. The Morgan fingerprint density at radius 3 is 2.74 bits per heavy atom. The van der Waals surface area contributed by atoms with E-state index in [2.05, 4.69) is 33.1 Å². The van der Waals surface area contributed by atoms with Gasteiger partial charge in [0.05, 0.1) is 16.9 Å². The molecular weight excluding hydrogens is 511 g/mol. The maximum Gasteiger partial charge on any atom is 0.271 e.